The van der Waals surface area contributed by atoms with Gasteiger partial charge in [0.25, 0.3) is 0 Å². The van der Waals surface area contributed by atoms with E-state index < -0.39 is 11.6 Å². The van der Waals surface area contributed by atoms with Gasteiger partial charge in [-0.05, 0) is 48.3 Å². The molecule has 4 nitrogen and oxygen atoms in total. The lowest BCUT2D eigenvalue weighted by Crippen LogP contribution is -2.40. The highest BCUT2D eigenvalue weighted by Crippen LogP contribution is 2.23. The van der Waals surface area contributed by atoms with Crippen LogP contribution in [0, 0.1) is 6.92 Å². The molecule has 82 valence electrons. The minimum atomic E-state index is -1.04. The van der Waals surface area contributed by atoms with Crippen molar-refractivity contribution in [1.82, 2.24) is 10.3 Å². The van der Waals surface area contributed by atoms with Gasteiger partial charge in [0.15, 0.2) is 0 Å². The number of pyridine rings is 1. The second kappa shape index (κ2) is 4.18. The number of aromatic nitrogens is 1. The van der Waals surface area contributed by atoms with Crippen LogP contribution >= 0.6 is 15.9 Å². The predicted molar refractivity (Wildman–Crippen MR) is 60.9 cm³/mol. The SMILES string of the molecule is Cc1nc(Br)ccc1C(C)(C)NC(=O)O. The van der Waals surface area contributed by atoms with Gasteiger partial charge in [0.05, 0.1) is 5.54 Å². The van der Waals surface area contributed by atoms with Crippen LogP contribution in [0.4, 0.5) is 4.79 Å². The van der Waals surface area contributed by atoms with Crippen molar-refractivity contribution in [3.63, 3.8) is 0 Å². The van der Waals surface area contributed by atoms with E-state index in [9.17, 15) is 4.79 Å². The molecule has 1 amide bonds. The van der Waals surface area contributed by atoms with E-state index >= 15 is 0 Å². The summed E-state index contributed by atoms with van der Waals surface area (Å²) < 4.78 is 0.745. The van der Waals surface area contributed by atoms with Gasteiger partial charge >= 0.3 is 6.09 Å². The van der Waals surface area contributed by atoms with E-state index in [0.29, 0.717) is 0 Å². The maximum atomic E-state index is 10.6. The fourth-order valence-electron chi connectivity index (χ4n) is 1.53. The second-order valence-electron chi connectivity index (χ2n) is 3.82. The first-order valence-electron chi connectivity index (χ1n) is 4.47. The van der Waals surface area contributed by atoms with E-state index in [-0.39, 0.29) is 0 Å². The first-order chi connectivity index (χ1) is 6.83. The van der Waals surface area contributed by atoms with Gasteiger partial charge in [-0.25, -0.2) is 9.78 Å². The van der Waals surface area contributed by atoms with Gasteiger partial charge in [0.1, 0.15) is 4.60 Å². The van der Waals surface area contributed by atoms with Crippen molar-refractivity contribution in [2.45, 2.75) is 26.3 Å². The molecule has 1 aromatic rings. The second-order valence-corrected chi connectivity index (χ2v) is 4.63. The zero-order valence-electron chi connectivity index (χ0n) is 8.84. The Labute approximate surface area is 96.8 Å². The monoisotopic (exact) mass is 272 g/mol. The zero-order chi connectivity index (χ0) is 11.6. The lowest BCUT2D eigenvalue weighted by atomic mass is 9.93. The molecule has 0 unspecified atom stereocenters. The molecular formula is C10H13BrN2O2. The Kier molecular flexibility index (Phi) is 3.34. The molecule has 2 N–H and O–H groups in total. The van der Waals surface area contributed by atoms with E-state index in [4.69, 9.17) is 5.11 Å². The third-order valence-corrected chi connectivity index (χ3v) is 2.59. The first kappa shape index (κ1) is 12.0. The third-order valence-electron chi connectivity index (χ3n) is 2.14. The number of nitrogens with zero attached hydrogens (tertiary/aromatic N) is 1. The molecule has 0 bridgehead atoms. The molecule has 5 heteroatoms. The minimum Gasteiger partial charge on any atom is -0.465 e. The van der Waals surface area contributed by atoms with Crippen molar-refractivity contribution in [1.29, 1.82) is 0 Å². The fourth-order valence-corrected chi connectivity index (χ4v) is 1.92. The summed E-state index contributed by atoms with van der Waals surface area (Å²) in [5, 5.41) is 11.2. The van der Waals surface area contributed by atoms with Crippen molar-refractivity contribution >= 4 is 22.0 Å². The van der Waals surface area contributed by atoms with Crippen LogP contribution in [0.5, 0.6) is 0 Å². The molecule has 0 spiro atoms. The number of carboxylic acid groups (broad SMARTS) is 1. The topological polar surface area (TPSA) is 62.2 Å². The summed E-state index contributed by atoms with van der Waals surface area (Å²) in [6.07, 6.45) is -1.04. The number of hydrogen-bond acceptors (Lipinski definition) is 2. The van der Waals surface area contributed by atoms with Crippen LogP contribution in [0.2, 0.25) is 0 Å². The van der Waals surface area contributed by atoms with Crippen LogP contribution in [0.3, 0.4) is 0 Å². The molecule has 0 radical (unpaired) electrons. The number of nitrogens with one attached hydrogen (secondary N) is 1. The van der Waals surface area contributed by atoms with Gasteiger partial charge in [-0.3, -0.25) is 0 Å². The molecule has 0 fully saturated rings. The number of rotatable bonds is 2. The molecule has 0 aliphatic rings. The van der Waals surface area contributed by atoms with Gasteiger partial charge in [0, 0.05) is 5.69 Å². The highest BCUT2D eigenvalue weighted by atomic mass is 79.9. The summed E-state index contributed by atoms with van der Waals surface area (Å²) in [7, 11) is 0. The summed E-state index contributed by atoms with van der Waals surface area (Å²) in [4.78, 5) is 14.9. The Morgan fingerprint density at radius 1 is 1.53 bits per heavy atom. The van der Waals surface area contributed by atoms with E-state index in [0.717, 1.165) is 15.9 Å². The summed E-state index contributed by atoms with van der Waals surface area (Å²) in [6, 6.07) is 3.66. The summed E-state index contributed by atoms with van der Waals surface area (Å²) in [6.45, 7) is 5.46. The lowest BCUT2D eigenvalue weighted by molar-refractivity contribution is 0.182. The Morgan fingerprint density at radius 3 is 2.60 bits per heavy atom. The predicted octanol–water partition coefficient (Wildman–Crippen LogP) is 2.66. The Bertz CT molecular complexity index is 391. The molecular weight excluding hydrogens is 260 g/mol. The van der Waals surface area contributed by atoms with E-state index in [1.807, 2.05) is 13.0 Å². The molecule has 0 saturated carbocycles. The number of carbonyl (C=O) groups is 1. The third kappa shape index (κ3) is 2.92. The van der Waals surface area contributed by atoms with E-state index in [1.54, 1.807) is 19.9 Å². The normalized spacial score (nSPS) is 11.2. The fraction of sp³-hybridized carbons (Fsp3) is 0.400. The summed E-state index contributed by atoms with van der Waals surface area (Å²) in [5.74, 6) is 0. The van der Waals surface area contributed by atoms with Crippen LogP contribution in [-0.2, 0) is 5.54 Å². The van der Waals surface area contributed by atoms with Crippen molar-refractivity contribution in [2.75, 3.05) is 0 Å². The van der Waals surface area contributed by atoms with Crippen molar-refractivity contribution in [3.05, 3.63) is 28.0 Å². The van der Waals surface area contributed by atoms with Crippen molar-refractivity contribution in [3.8, 4) is 0 Å². The standard InChI is InChI=1S/C10H13BrN2O2/c1-6-7(4-5-8(11)12-6)10(2,3)13-9(14)15/h4-5,13H,1-3H3,(H,14,15). The van der Waals surface area contributed by atoms with E-state index in [2.05, 4.69) is 26.2 Å². The van der Waals surface area contributed by atoms with Gasteiger partial charge < -0.3 is 10.4 Å². The number of aryl methyl sites for hydroxylation is 1. The molecule has 1 rings (SSSR count). The van der Waals surface area contributed by atoms with Crippen molar-refractivity contribution in [2.24, 2.45) is 0 Å². The number of hydrogen-bond donors (Lipinski definition) is 2. The Hall–Kier alpha value is -1.10. The first-order valence-corrected chi connectivity index (χ1v) is 5.27. The molecule has 0 atom stereocenters. The Morgan fingerprint density at radius 2 is 2.13 bits per heavy atom. The average molecular weight is 273 g/mol. The maximum Gasteiger partial charge on any atom is 0.405 e. The van der Waals surface area contributed by atoms with Crippen molar-refractivity contribution < 1.29 is 9.90 Å². The van der Waals surface area contributed by atoms with Gasteiger partial charge in [0.2, 0.25) is 0 Å². The smallest absolute Gasteiger partial charge is 0.405 e. The number of halogens is 1. The highest BCUT2D eigenvalue weighted by molar-refractivity contribution is 9.10. The zero-order valence-corrected chi connectivity index (χ0v) is 10.4. The summed E-state index contributed by atoms with van der Waals surface area (Å²) >= 11 is 3.27. The molecule has 0 aliphatic heterocycles. The summed E-state index contributed by atoms with van der Waals surface area (Å²) in [5.41, 5.74) is 1.04. The molecule has 15 heavy (non-hydrogen) atoms. The molecule has 0 aromatic carbocycles. The average Bonchev–Trinajstić information content (AvgIpc) is 1.99. The van der Waals surface area contributed by atoms with Crippen LogP contribution < -0.4 is 5.32 Å². The lowest BCUT2D eigenvalue weighted by Gasteiger charge is -2.26. The Balaban J connectivity index is 3.09. The van der Waals surface area contributed by atoms with Gasteiger partial charge in [-0.1, -0.05) is 6.07 Å². The van der Waals surface area contributed by atoms with Crippen LogP contribution in [0.1, 0.15) is 25.1 Å². The van der Waals surface area contributed by atoms with Crippen LogP contribution in [-0.4, -0.2) is 16.2 Å². The van der Waals surface area contributed by atoms with Gasteiger partial charge in [-0.2, -0.15) is 0 Å². The minimum absolute atomic E-state index is 0.635. The molecule has 1 heterocycles. The maximum absolute atomic E-state index is 10.6. The molecule has 0 saturated heterocycles. The molecule has 0 aliphatic carbocycles. The number of amides is 1. The van der Waals surface area contributed by atoms with Crippen LogP contribution in [0.25, 0.3) is 0 Å². The van der Waals surface area contributed by atoms with E-state index in [1.165, 1.54) is 0 Å². The molecule has 1 aromatic heterocycles. The largest absolute Gasteiger partial charge is 0.465 e. The quantitative estimate of drug-likeness (QED) is 0.814. The highest BCUT2D eigenvalue weighted by Gasteiger charge is 2.24. The van der Waals surface area contributed by atoms with Gasteiger partial charge in [-0.15, -0.1) is 0 Å². The van der Waals surface area contributed by atoms with Crippen LogP contribution in [0.15, 0.2) is 16.7 Å².